The fourth-order valence-electron chi connectivity index (χ4n) is 2.09. The highest BCUT2D eigenvalue weighted by Crippen LogP contribution is 2.10. The number of piperidine rings is 1. The topological polar surface area (TPSA) is 61.4 Å². The van der Waals surface area contributed by atoms with Crippen LogP contribution < -0.4 is 10.6 Å². The first-order valence-electron chi connectivity index (χ1n) is 6.95. The van der Waals surface area contributed by atoms with E-state index in [0.717, 1.165) is 38.9 Å². The number of amides is 2. The van der Waals surface area contributed by atoms with E-state index in [4.69, 9.17) is 0 Å². The van der Waals surface area contributed by atoms with Gasteiger partial charge in [-0.2, -0.15) is 0 Å². The number of nitrogens with one attached hydrogen (secondary N) is 2. The van der Waals surface area contributed by atoms with Crippen LogP contribution in [0.15, 0.2) is 0 Å². The molecule has 0 aromatic heterocycles. The fourth-order valence-corrected chi connectivity index (χ4v) is 2.09. The molecular formula is C13H25N3O2. The predicted octanol–water partition coefficient (Wildman–Crippen LogP) is 0.503. The lowest BCUT2D eigenvalue weighted by Gasteiger charge is -2.32. The van der Waals surface area contributed by atoms with Crippen LogP contribution in [-0.4, -0.2) is 48.9 Å². The van der Waals surface area contributed by atoms with Crippen molar-refractivity contribution in [3.05, 3.63) is 0 Å². The molecule has 1 aliphatic rings. The van der Waals surface area contributed by atoms with E-state index in [2.05, 4.69) is 17.6 Å². The van der Waals surface area contributed by atoms with E-state index in [0.29, 0.717) is 13.0 Å². The average molecular weight is 255 g/mol. The molecule has 0 atom stereocenters. The Morgan fingerprint density at radius 1 is 1.22 bits per heavy atom. The molecule has 1 fully saturated rings. The van der Waals surface area contributed by atoms with Gasteiger partial charge in [0.25, 0.3) is 0 Å². The van der Waals surface area contributed by atoms with Gasteiger partial charge < -0.3 is 15.5 Å². The summed E-state index contributed by atoms with van der Waals surface area (Å²) >= 11 is 0. The lowest BCUT2D eigenvalue weighted by atomic mass is 10.0. The first-order valence-corrected chi connectivity index (χ1v) is 6.95. The van der Waals surface area contributed by atoms with Crippen LogP contribution in [0.1, 0.15) is 39.5 Å². The predicted molar refractivity (Wildman–Crippen MR) is 71.2 cm³/mol. The zero-order chi connectivity index (χ0) is 13.4. The minimum absolute atomic E-state index is 0.101. The molecule has 5 nitrogen and oxygen atoms in total. The number of carbonyl (C=O) groups excluding carboxylic acids is 2. The molecule has 0 aromatic rings. The molecule has 0 radical (unpaired) electrons. The molecule has 5 heteroatoms. The molecule has 2 amide bonds. The first kappa shape index (κ1) is 15.0. The van der Waals surface area contributed by atoms with Gasteiger partial charge in [0.15, 0.2) is 0 Å². The summed E-state index contributed by atoms with van der Waals surface area (Å²) in [5.74, 6) is 0.271. The van der Waals surface area contributed by atoms with Crippen molar-refractivity contribution in [1.29, 1.82) is 0 Å². The van der Waals surface area contributed by atoms with E-state index >= 15 is 0 Å². The molecule has 0 aliphatic carbocycles. The second-order valence-electron chi connectivity index (χ2n) is 4.75. The van der Waals surface area contributed by atoms with Crippen LogP contribution in [0.2, 0.25) is 0 Å². The van der Waals surface area contributed by atoms with Crippen molar-refractivity contribution in [2.75, 3.05) is 26.2 Å². The van der Waals surface area contributed by atoms with E-state index < -0.39 is 0 Å². The van der Waals surface area contributed by atoms with Crippen molar-refractivity contribution >= 4 is 11.8 Å². The molecule has 1 rings (SSSR count). The van der Waals surface area contributed by atoms with Gasteiger partial charge in [0, 0.05) is 25.6 Å². The zero-order valence-electron chi connectivity index (χ0n) is 11.5. The summed E-state index contributed by atoms with van der Waals surface area (Å²) in [6, 6.07) is 0.241. The monoisotopic (exact) mass is 255 g/mol. The van der Waals surface area contributed by atoms with Gasteiger partial charge in [0.05, 0.1) is 6.54 Å². The van der Waals surface area contributed by atoms with Crippen LogP contribution in [0.5, 0.6) is 0 Å². The maximum absolute atomic E-state index is 11.8. The number of carbonyl (C=O) groups is 2. The SMILES string of the molecule is CCCNCC(=O)N1CCC(NC(=O)CC)CC1. The van der Waals surface area contributed by atoms with Gasteiger partial charge in [-0.25, -0.2) is 0 Å². The fraction of sp³-hybridized carbons (Fsp3) is 0.846. The third kappa shape index (κ3) is 5.04. The molecule has 1 aliphatic heterocycles. The number of likely N-dealkylation sites (tertiary alicyclic amines) is 1. The summed E-state index contributed by atoms with van der Waals surface area (Å²) < 4.78 is 0. The van der Waals surface area contributed by atoms with Crippen molar-refractivity contribution < 1.29 is 9.59 Å². The summed E-state index contributed by atoms with van der Waals surface area (Å²) in [6.07, 6.45) is 3.30. The second kappa shape index (κ2) is 8.08. The van der Waals surface area contributed by atoms with Gasteiger partial charge in [-0.15, -0.1) is 0 Å². The highest BCUT2D eigenvalue weighted by molar-refractivity contribution is 5.78. The number of rotatable bonds is 6. The van der Waals surface area contributed by atoms with Crippen LogP contribution in [0.25, 0.3) is 0 Å². The third-order valence-corrected chi connectivity index (χ3v) is 3.24. The van der Waals surface area contributed by atoms with Gasteiger partial charge in [-0.1, -0.05) is 13.8 Å². The minimum Gasteiger partial charge on any atom is -0.353 e. The molecular weight excluding hydrogens is 230 g/mol. The molecule has 0 bridgehead atoms. The Hall–Kier alpha value is -1.10. The maximum atomic E-state index is 11.8. The van der Waals surface area contributed by atoms with E-state index in [1.54, 1.807) is 0 Å². The molecule has 104 valence electrons. The van der Waals surface area contributed by atoms with Gasteiger partial charge >= 0.3 is 0 Å². The van der Waals surface area contributed by atoms with Crippen LogP contribution in [0.4, 0.5) is 0 Å². The average Bonchev–Trinajstić information content (AvgIpc) is 2.39. The second-order valence-corrected chi connectivity index (χ2v) is 4.75. The van der Waals surface area contributed by atoms with Gasteiger partial charge in [0.2, 0.25) is 11.8 Å². The summed E-state index contributed by atoms with van der Waals surface area (Å²) in [5.41, 5.74) is 0. The first-order chi connectivity index (χ1) is 8.67. The van der Waals surface area contributed by atoms with Crippen LogP contribution in [-0.2, 0) is 9.59 Å². The zero-order valence-corrected chi connectivity index (χ0v) is 11.5. The molecule has 0 aromatic carbocycles. The summed E-state index contributed by atoms with van der Waals surface area (Å²) in [7, 11) is 0. The summed E-state index contributed by atoms with van der Waals surface area (Å²) in [6.45, 7) is 6.75. The molecule has 18 heavy (non-hydrogen) atoms. The van der Waals surface area contributed by atoms with E-state index in [1.807, 2.05) is 11.8 Å². The minimum atomic E-state index is 0.101. The standard InChI is InChI=1S/C13H25N3O2/c1-3-7-14-10-13(18)16-8-5-11(6-9-16)15-12(17)4-2/h11,14H,3-10H2,1-2H3,(H,15,17). The lowest BCUT2D eigenvalue weighted by Crippen LogP contribution is -2.48. The highest BCUT2D eigenvalue weighted by Gasteiger charge is 2.22. The normalized spacial score (nSPS) is 16.7. The van der Waals surface area contributed by atoms with Gasteiger partial charge in [0.1, 0.15) is 0 Å². The number of hydrogen-bond acceptors (Lipinski definition) is 3. The molecule has 1 saturated heterocycles. The Morgan fingerprint density at radius 3 is 2.44 bits per heavy atom. The lowest BCUT2D eigenvalue weighted by molar-refractivity contribution is -0.131. The van der Waals surface area contributed by atoms with Gasteiger partial charge in [-0.05, 0) is 25.8 Å². The molecule has 0 spiro atoms. The number of nitrogens with zero attached hydrogens (tertiary/aromatic N) is 1. The maximum Gasteiger partial charge on any atom is 0.236 e. The molecule has 0 unspecified atom stereocenters. The quantitative estimate of drug-likeness (QED) is 0.680. The summed E-state index contributed by atoms with van der Waals surface area (Å²) in [4.78, 5) is 25.0. The highest BCUT2D eigenvalue weighted by atomic mass is 16.2. The van der Waals surface area contributed by atoms with Crippen LogP contribution in [0, 0.1) is 0 Å². The van der Waals surface area contributed by atoms with Crippen molar-refractivity contribution in [3.63, 3.8) is 0 Å². The molecule has 1 heterocycles. The molecule has 2 N–H and O–H groups in total. The van der Waals surface area contributed by atoms with Crippen LogP contribution in [0.3, 0.4) is 0 Å². The third-order valence-electron chi connectivity index (χ3n) is 3.24. The van der Waals surface area contributed by atoms with Crippen LogP contribution >= 0.6 is 0 Å². The van der Waals surface area contributed by atoms with E-state index in [-0.39, 0.29) is 17.9 Å². The van der Waals surface area contributed by atoms with Crippen molar-refractivity contribution in [1.82, 2.24) is 15.5 Å². The Bertz CT molecular complexity index is 273. The van der Waals surface area contributed by atoms with Gasteiger partial charge in [-0.3, -0.25) is 9.59 Å². The Labute approximate surface area is 109 Å². The van der Waals surface area contributed by atoms with E-state index in [9.17, 15) is 9.59 Å². The largest absolute Gasteiger partial charge is 0.353 e. The summed E-state index contributed by atoms with van der Waals surface area (Å²) in [5, 5.41) is 6.11. The van der Waals surface area contributed by atoms with Crippen molar-refractivity contribution in [3.8, 4) is 0 Å². The Kier molecular flexibility index (Phi) is 6.72. The number of hydrogen-bond donors (Lipinski definition) is 2. The van der Waals surface area contributed by atoms with Crippen molar-refractivity contribution in [2.45, 2.75) is 45.6 Å². The Balaban J connectivity index is 2.22. The Morgan fingerprint density at radius 2 is 1.89 bits per heavy atom. The van der Waals surface area contributed by atoms with E-state index in [1.165, 1.54) is 0 Å². The smallest absolute Gasteiger partial charge is 0.236 e. The van der Waals surface area contributed by atoms with Crippen molar-refractivity contribution in [2.24, 2.45) is 0 Å². The molecule has 0 saturated carbocycles.